The summed E-state index contributed by atoms with van der Waals surface area (Å²) in [4.78, 5) is 33.2. The first-order valence-corrected chi connectivity index (χ1v) is 11.7. The van der Waals surface area contributed by atoms with Gasteiger partial charge in [-0.1, -0.05) is 30.7 Å². The van der Waals surface area contributed by atoms with Gasteiger partial charge in [0.05, 0.1) is 34.5 Å². The summed E-state index contributed by atoms with van der Waals surface area (Å²) in [6, 6.07) is 11.4. The van der Waals surface area contributed by atoms with E-state index in [2.05, 4.69) is 35.5 Å². The van der Waals surface area contributed by atoms with Crippen molar-refractivity contribution in [1.29, 1.82) is 0 Å². The van der Waals surface area contributed by atoms with Gasteiger partial charge in [0, 0.05) is 46.7 Å². The Balaban J connectivity index is 1.43. The minimum atomic E-state index is -0.0730. The molecular weight excluding hydrogens is 476 g/mol. The van der Waals surface area contributed by atoms with E-state index in [-0.39, 0.29) is 5.91 Å². The van der Waals surface area contributed by atoms with Crippen LogP contribution in [0.25, 0.3) is 55.8 Å². The van der Waals surface area contributed by atoms with Gasteiger partial charge in [-0.15, -0.1) is 0 Å². The number of aromatic nitrogens is 7. The van der Waals surface area contributed by atoms with Crippen molar-refractivity contribution in [3.05, 3.63) is 72.4 Å². The third-order valence-corrected chi connectivity index (χ3v) is 6.09. The number of nitrogens with zero attached hydrogens (tertiary/aromatic N) is 5. The van der Waals surface area contributed by atoms with Gasteiger partial charge in [0.25, 0.3) is 0 Å². The highest BCUT2D eigenvalue weighted by atomic mass is 35.5. The van der Waals surface area contributed by atoms with Gasteiger partial charge in [-0.2, -0.15) is 5.10 Å². The van der Waals surface area contributed by atoms with Crippen molar-refractivity contribution in [2.24, 2.45) is 0 Å². The van der Waals surface area contributed by atoms with E-state index in [9.17, 15) is 4.79 Å². The monoisotopic (exact) mass is 494 g/mol. The molecule has 0 aliphatic carbocycles. The lowest BCUT2D eigenvalue weighted by Gasteiger charge is -2.06. The maximum Gasteiger partial charge on any atom is 0.224 e. The predicted molar refractivity (Wildman–Crippen MR) is 139 cm³/mol. The van der Waals surface area contributed by atoms with Crippen LogP contribution in [0.3, 0.4) is 0 Å². The van der Waals surface area contributed by atoms with Gasteiger partial charge in [-0.05, 0) is 29.8 Å². The fourth-order valence-corrected chi connectivity index (χ4v) is 4.26. The quantitative estimate of drug-likeness (QED) is 0.285. The molecule has 6 rings (SSSR count). The molecule has 0 saturated heterocycles. The summed E-state index contributed by atoms with van der Waals surface area (Å²) in [6.07, 6.45) is 8.99. The van der Waals surface area contributed by atoms with Crippen molar-refractivity contribution < 1.29 is 4.79 Å². The van der Waals surface area contributed by atoms with E-state index in [1.54, 1.807) is 37.9 Å². The second-order valence-corrected chi connectivity index (χ2v) is 8.67. The summed E-state index contributed by atoms with van der Waals surface area (Å²) in [6.45, 7) is 1.80. The van der Waals surface area contributed by atoms with Crippen LogP contribution < -0.4 is 5.32 Å². The summed E-state index contributed by atoms with van der Waals surface area (Å²) >= 11 is 6.21. The van der Waals surface area contributed by atoms with E-state index in [0.717, 1.165) is 38.7 Å². The summed E-state index contributed by atoms with van der Waals surface area (Å²) in [5.74, 6) is 0.543. The lowest BCUT2D eigenvalue weighted by molar-refractivity contribution is -0.115. The summed E-state index contributed by atoms with van der Waals surface area (Å²) < 4.78 is 0. The van der Waals surface area contributed by atoms with E-state index in [1.165, 1.54) is 0 Å². The number of hydrogen-bond acceptors (Lipinski definition) is 6. The van der Waals surface area contributed by atoms with Crippen molar-refractivity contribution in [2.75, 3.05) is 5.32 Å². The number of aromatic amines is 2. The average Bonchev–Trinajstić information content (AvgIpc) is 3.52. The lowest BCUT2D eigenvalue weighted by Crippen LogP contribution is -2.09. The zero-order chi connectivity index (χ0) is 24.6. The maximum atomic E-state index is 11.8. The number of nitrogens with one attached hydrogen (secondary N) is 3. The Hall–Kier alpha value is -4.63. The Morgan fingerprint density at radius 1 is 1.00 bits per heavy atom. The normalized spacial score (nSPS) is 11.3. The fraction of sp³-hybridized carbons (Fsp3) is 0.0769. The molecule has 3 N–H and O–H groups in total. The minimum Gasteiger partial charge on any atom is -0.335 e. The zero-order valence-corrected chi connectivity index (χ0v) is 19.8. The number of amides is 1. The number of H-pyrrole nitrogens is 2. The molecule has 1 amide bonds. The van der Waals surface area contributed by atoms with Gasteiger partial charge in [-0.3, -0.25) is 19.9 Å². The Labute approximate surface area is 210 Å². The van der Waals surface area contributed by atoms with Gasteiger partial charge < -0.3 is 10.3 Å². The van der Waals surface area contributed by atoms with Crippen LogP contribution in [-0.4, -0.2) is 41.0 Å². The lowest BCUT2D eigenvalue weighted by atomic mass is 10.1. The number of pyridine rings is 3. The van der Waals surface area contributed by atoms with Crippen LogP contribution in [0.4, 0.5) is 5.69 Å². The number of hydrogen-bond donors (Lipinski definition) is 3. The van der Waals surface area contributed by atoms with E-state index in [1.807, 2.05) is 36.4 Å². The van der Waals surface area contributed by atoms with Crippen LogP contribution >= 0.6 is 11.6 Å². The molecule has 0 saturated carbocycles. The van der Waals surface area contributed by atoms with Gasteiger partial charge >= 0.3 is 0 Å². The molecule has 6 aromatic rings. The highest BCUT2D eigenvalue weighted by Gasteiger charge is 2.17. The molecule has 0 aliphatic rings. The SMILES string of the molecule is CCC(=O)Nc1cncc(-c2cnc3n[nH]c(-c4nc5c(-c6cccc(Cl)c6)cncc5[nH]4)c3c2)c1. The molecule has 0 radical (unpaired) electrons. The van der Waals surface area contributed by atoms with Crippen molar-refractivity contribution in [1.82, 2.24) is 35.1 Å². The summed E-state index contributed by atoms with van der Waals surface area (Å²) in [5.41, 5.74) is 6.92. The zero-order valence-electron chi connectivity index (χ0n) is 19.1. The second kappa shape index (κ2) is 8.86. The third kappa shape index (κ3) is 3.95. The number of carbonyl (C=O) groups excluding carboxylic acids is 1. The largest absolute Gasteiger partial charge is 0.335 e. The number of benzene rings is 1. The molecule has 0 spiro atoms. The van der Waals surface area contributed by atoms with Crippen molar-refractivity contribution >= 4 is 45.3 Å². The molecule has 0 unspecified atom stereocenters. The molecule has 0 fully saturated rings. The first-order chi connectivity index (χ1) is 17.6. The maximum absolute atomic E-state index is 11.8. The van der Waals surface area contributed by atoms with Gasteiger partial charge in [-0.25, -0.2) is 9.97 Å². The summed E-state index contributed by atoms with van der Waals surface area (Å²) in [5, 5.41) is 11.7. The molecule has 0 aliphatic heterocycles. The molecule has 0 atom stereocenters. The van der Waals surface area contributed by atoms with Gasteiger partial charge in [0.2, 0.25) is 5.91 Å². The van der Waals surface area contributed by atoms with Crippen molar-refractivity contribution in [3.63, 3.8) is 0 Å². The molecule has 5 heterocycles. The predicted octanol–water partition coefficient (Wildman–Crippen LogP) is 5.63. The minimum absolute atomic E-state index is 0.0730. The van der Waals surface area contributed by atoms with Crippen LogP contribution in [0.1, 0.15) is 13.3 Å². The van der Waals surface area contributed by atoms with Crippen LogP contribution in [0.5, 0.6) is 0 Å². The molecule has 10 heteroatoms. The van der Waals surface area contributed by atoms with E-state index >= 15 is 0 Å². The van der Waals surface area contributed by atoms with E-state index in [4.69, 9.17) is 16.6 Å². The highest BCUT2D eigenvalue weighted by molar-refractivity contribution is 6.30. The van der Waals surface area contributed by atoms with E-state index < -0.39 is 0 Å². The first-order valence-electron chi connectivity index (χ1n) is 11.3. The average molecular weight is 495 g/mol. The number of carbonyl (C=O) groups is 1. The Kier molecular flexibility index (Phi) is 5.38. The van der Waals surface area contributed by atoms with Crippen LogP contribution in [-0.2, 0) is 4.79 Å². The van der Waals surface area contributed by atoms with Crippen molar-refractivity contribution in [2.45, 2.75) is 13.3 Å². The third-order valence-electron chi connectivity index (χ3n) is 5.85. The molecule has 36 heavy (non-hydrogen) atoms. The van der Waals surface area contributed by atoms with Crippen LogP contribution in [0, 0.1) is 0 Å². The number of fused-ring (bicyclic) bond motifs is 2. The van der Waals surface area contributed by atoms with Crippen LogP contribution in [0.2, 0.25) is 5.02 Å². The molecule has 176 valence electrons. The molecule has 1 aromatic carbocycles. The topological polar surface area (TPSA) is 125 Å². The van der Waals surface area contributed by atoms with Crippen molar-refractivity contribution in [3.8, 4) is 33.8 Å². The van der Waals surface area contributed by atoms with Crippen LogP contribution in [0.15, 0.2) is 67.4 Å². The standard InChI is InChI=1S/C26H19ClN8O/c1-2-22(36)31-18-7-15(9-28-11-18)16-8-19-24(34-35-25(19)30-10-16)26-32-21-13-29-12-20(23(21)33-26)14-4-3-5-17(27)6-14/h3-13H,2H2,1H3,(H,31,36)(H,32,33)(H,30,34,35). The Morgan fingerprint density at radius 3 is 2.72 bits per heavy atom. The second-order valence-electron chi connectivity index (χ2n) is 8.24. The Morgan fingerprint density at radius 2 is 1.86 bits per heavy atom. The first kappa shape index (κ1) is 21.9. The van der Waals surface area contributed by atoms with E-state index in [0.29, 0.717) is 34.3 Å². The number of rotatable bonds is 5. The van der Waals surface area contributed by atoms with Gasteiger partial charge in [0.15, 0.2) is 11.5 Å². The molecule has 9 nitrogen and oxygen atoms in total. The molecule has 5 aromatic heterocycles. The molecule has 0 bridgehead atoms. The molecular formula is C26H19ClN8O. The fourth-order valence-electron chi connectivity index (χ4n) is 4.07. The Bertz CT molecular complexity index is 1760. The van der Waals surface area contributed by atoms with Gasteiger partial charge in [0.1, 0.15) is 5.69 Å². The summed E-state index contributed by atoms with van der Waals surface area (Å²) in [7, 11) is 0. The smallest absolute Gasteiger partial charge is 0.224 e. The number of anilines is 1. The highest BCUT2D eigenvalue weighted by Crippen LogP contribution is 2.33. The number of imidazole rings is 1. The number of halogens is 1.